The summed E-state index contributed by atoms with van der Waals surface area (Å²) in [6.45, 7) is 0. The molecule has 0 unspecified atom stereocenters. The van der Waals surface area contributed by atoms with Gasteiger partial charge in [-0.1, -0.05) is 24.3 Å². The minimum Gasteiger partial charge on any atom is -0.507 e. The van der Waals surface area contributed by atoms with E-state index in [1.807, 2.05) is 0 Å². The average molecular weight is 543 g/mol. The molecular formula is C23H18N4O8S2. The summed E-state index contributed by atoms with van der Waals surface area (Å²) < 4.78 is 65.9. The Hall–Kier alpha value is -4.37. The average Bonchev–Trinajstić information content (AvgIpc) is 2.83. The topological polar surface area (TPSA) is 209 Å². The molecule has 0 saturated heterocycles. The summed E-state index contributed by atoms with van der Waals surface area (Å²) in [6.07, 6.45) is 0. The maximum Gasteiger partial charge on any atom is 0.296 e. The molecule has 14 heteroatoms. The molecule has 4 aromatic carbocycles. The van der Waals surface area contributed by atoms with Crippen molar-refractivity contribution < 1.29 is 35.8 Å². The summed E-state index contributed by atoms with van der Waals surface area (Å²) in [6, 6.07) is 16.2. The maximum absolute atomic E-state index is 12.4. The van der Waals surface area contributed by atoms with E-state index in [2.05, 4.69) is 15.5 Å². The Bertz CT molecular complexity index is 1790. The van der Waals surface area contributed by atoms with Gasteiger partial charge in [0.1, 0.15) is 16.3 Å². The second-order valence-corrected chi connectivity index (χ2v) is 10.5. The standard InChI is InChI=1S/C23H18N4O8S2/c24-17-8-6-14-10-16(36(30,31)32)12-19(28)21(14)22(17)27-26-15-7-9-18(20(11-15)37(33,34)35)25-23(29)13-4-2-1-3-5-13/h1-12,28H,24H2,(H,25,29)(H,30,31,32)(H,33,34,35). The summed E-state index contributed by atoms with van der Waals surface area (Å²) in [5.41, 5.74) is 5.95. The summed E-state index contributed by atoms with van der Waals surface area (Å²) >= 11 is 0. The molecule has 0 radical (unpaired) electrons. The first-order valence-corrected chi connectivity index (χ1v) is 13.1. The van der Waals surface area contributed by atoms with E-state index >= 15 is 0 Å². The van der Waals surface area contributed by atoms with Gasteiger partial charge in [0.25, 0.3) is 26.1 Å². The lowest BCUT2D eigenvalue weighted by molar-refractivity contribution is 0.102. The molecule has 1 amide bonds. The summed E-state index contributed by atoms with van der Waals surface area (Å²) in [4.78, 5) is 11.3. The second kappa shape index (κ2) is 9.59. The molecule has 4 rings (SSSR count). The zero-order chi connectivity index (χ0) is 27.0. The van der Waals surface area contributed by atoms with E-state index in [1.54, 1.807) is 18.2 Å². The van der Waals surface area contributed by atoms with Crippen molar-refractivity contribution in [1.29, 1.82) is 0 Å². The van der Waals surface area contributed by atoms with Crippen LogP contribution in [-0.2, 0) is 20.2 Å². The number of nitrogens with two attached hydrogens (primary N) is 1. The SMILES string of the molecule is Nc1ccc2cc(S(=O)(=O)O)cc(O)c2c1N=Nc1ccc(NC(=O)c2ccccc2)c(S(=O)(=O)O)c1. The number of nitrogen functional groups attached to an aromatic ring is 1. The van der Waals surface area contributed by atoms with Crippen molar-refractivity contribution in [2.24, 2.45) is 10.2 Å². The normalized spacial score (nSPS) is 12.2. The van der Waals surface area contributed by atoms with E-state index in [0.717, 1.165) is 18.2 Å². The van der Waals surface area contributed by atoms with Crippen molar-refractivity contribution in [2.45, 2.75) is 9.79 Å². The van der Waals surface area contributed by atoms with Gasteiger partial charge in [0.15, 0.2) is 0 Å². The third-order valence-electron chi connectivity index (χ3n) is 5.16. The Balaban J connectivity index is 1.75. The quantitative estimate of drug-likeness (QED) is 0.133. The second-order valence-electron chi connectivity index (χ2n) is 7.69. The van der Waals surface area contributed by atoms with Crippen LogP contribution in [0.15, 0.2) is 92.8 Å². The van der Waals surface area contributed by atoms with Gasteiger partial charge in [0.05, 0.1) is 27.3 Å². The lowest BCUT2D eigenvalue weighted by Gasteiger charge is -2.10. The van der Waals surface area contributed by atoms with Gasteiger partial charge in [0.2, 0.25) is 0 Å². The minimum absolute atomic E-state index is 0.0258. The number of rotatable bonds is 6. The summed E-state index contributed by atoms with van der Waals surface area (Å²) in [5, 5.41) is 20.9. The van der Waals surface area contributed by atoms with Crippen LogP contribution in [0, 0.1) is 0 Å². The van der Waals surface area contributed by atoms with Gasteiger partial charge in [-0.15, -0.1) is 5.11 Å². The first-order chi connectivity index (χ1) is 17.3. The number of carbonyl (C=O) groups excluding carboxylic acids is 1. The smallest absolute Gasteiger partial charge is 0.296 e. The van der Waals surface area contributed by atoms with Gasteiger partial charge < -0.3 is 16.2 Å². The fourth-order valence-electron chi connectivity index (χ4n) is 3.45. The van der Waals surface area contributed by atoms with Gasteiger partial charge in [-0.3, -0.25) is 13.9 Å². The van der Waals surface area contributed by atoms with Crippen LogP contribution >= 0.6 is 0 Å². The van der Waals surface area contributed by atoms with Crippen LogP contribution in [-0.4, -0.2) is 37.0 Å². The Labute approximate surface area is 210 Å². The van der Waals surface area contributed by atoms with Crippen LogP contribution in [0.5, 0.6) is 5.75 Å². The number of hydrogen-bond donors (Lipinski definition) is 5. The first-order valence-electron chi connectivity index (χ1n) is 10.3. The Morgan fingerprint density at radius 2 is 1.54 bits per heavy atom. The molecule has 0 fully saturated rings. The molecule has 0 heterocycles. The zero-order valence-corrected chi connectivity index (χ0v) is 20.2. The molecule has 0 aliphatic carbocycles. The van der Waals surface area contributed by atoms with E-state index in [-0.39, 0.29) is 39.1 Å². The molecule has 4 aromatic rings. The summed E-state index contributed by atoms with van der Waals surface area (Å²) in [7, 11) is -9.40. The van der Waals surface area contributed by atoms with Crippen LogP contribution in [0.25, 0.3) is 10.8 Å². The van der Waals surface area contributed by atoms with Crippen LogP contribution in [0.1, 0.15) is 10.4 Å². The molecule has 0 atom stereocenters. The number of nitrogens with zero attached hydrogens (tertiary/aromatic N) is 2. The first kappa shape index (κ1) is 25.7. The number of azo groups is 1. The molecule has 190 valence electrons. The van der Waals surface area contributed by atoms with Crippen molar-refractivity contribution in [3.63, 3.8) is 0 Å². The van der Waals surface area contributed by atoms with E-state index in [1.165, 1.54) is 36.4 Å². The Morgan fingerprint density at radius 3 is 2.19 bits per heavy atom. The highest BCUT2D eigenvalue weighted by molar-refractivity contribution is 7.86. The molecule has 0 spiro atoms. The lowest BCUT2D eigenvalue weighted by atomic mass is 10.1. The number of hydrogen-bond acceptors (Lipinski definition) is 9. The van der Waals surface area contributed by atoms with Crippen LogP contribution in [0.4, 0.5) is 22.7 Å². The van der Waals surface area contributed by atoms with Crippen molar-refractivity contribution in [2.75, 3.05) is 11.1 Å². The number of benzene rings is 4. The molecule has 37 heavy (non-hydrogen) atoms. The predicted molar refractivity (Wildman–Crippen MR) is 135 cm³/mol. The van der Waals surface area contributed by atoms with Crippen molar-refractivity contribution in [1.82, 2.24) is 0 Å². The van der Waals surface area contributed by atoms with E-state index < -0.39 is 41.7 Å². The Morgan fingerprint density at radius 1 is 0.838 bits per heavy atom. The van der Waals surface area contributed by atoms with Crippen molar-refractivity contribution >= 4 is 59.7 Å². The number of aromatic hydroxyl groups is 1. The Kier molecular flexibility index (Phi) is 6.66. The highest BCUT2D eigenvalue weighted by Gasteiger charge is 2.20. The number of carbonyl (C=O) groups is 1. The van der Waals surface area contributed by atoms with Crippen molar-refractivity contribution in [3.8, 4) is 5.75 Å². The minimum atomic E-state index is -4.80. The molecule has 0 aliphatic heterocycles. The van der Waals surface area contributed by atoms with Gasteiger partial charge in [-0.25, -0.2) is 0 Å². The monoisotopic (exact) mass is 542 g/mol. The van der Waals surface area contributed by atoms with E-state index in [9.17, 15) is 35.8 Å². The van der Waals surface area contributed by atoms with Crippen molar-refractivity contribution in [3.05, 3.63) is 78.4 Å². The number of phenolic OH excluding ortho intramolecular Hbond substituents is 1. The molecule has 0 bridgehead atoms. The van der Waals surface area contributed by atoms with Crippen LogP contribution in [0.3, 0.4) is 0 Å². The maximum atomic E-state index is 12.4. The highest BCUT2D eigenvalue weighted by Crippen LogP contribution is 2.40. The molecule has 0 saturated carbocycles. The third kappa shape index (κ3) is 5.57. The number of amides is 1. The van der Waals surface area contributed by atoms with Gasteiger partial charge in [0, 0.05) is 11.6 Å². The molecule has 12 nitrogen and oxygen atoms in total. The molecule has 0 aromatic heterocycles. The fourth-order valence-corrected chi connectivity index (χ4v) is 4.66. The van der Waals surface area contributed by atoms with E-state index in [0.29, 0.717) is 0 Å². The van der Waals surface area contributed by atoms with Gasteiger partial charge >= 0.3 is 0 Å². The number of phenols is 1. The number of anilines is 2. The zero-order valence-electron chi connectivity index (χ0n) is 18.6. The largest absolute Gasteiger partial charge is 0.507 e. The van der Waals surface area contributed by atoms with E-state index in [4.69, 9.17) is 5.73 Å². The van der Waals surface area contributed by atoms with Crippen LogP contribution < -0.4 is 11.1 Å². The molecule has 0 aliphatic rings. The number of nitrogens with one attached hydrogen (secondary N) is 1. The lowest BCUT2D eigenvalue weighted by Crippen LogP contribution is -2.14. The fraction of sp³-hybridized carbons (Fsp3) is 0. The van der Waals surface area contributed by atoms with Crippen LogP contribution in [0.2, 0.25) is 0 Å². The number of fused-ring (bicyclic) bond motifs is 1. The predicted octanol–water partition coefficient (Wildman–Crippen LogP) is 4.29. The van der Waals surface area contributed by atoms with Gasteiger partial charge in [-0.05, 0) is 47.9 Å². The molecule has 6 N–H and O–H groups in total. The molecular weight excluding hydrogens is 524 g/mol. The third-order valence-corrected chi connectivity index (χ3v) is 6.89. The summed E-state index contributed by atoms with van der Waals surface area (Å²) in [5.74, 6) is -1.16. The highest BCUT2D eigenvalue weighted by atomic mass is 32.2. The van der Waals surface area contributed by atoms with Gasteiger partial charge in [-0.2, -0.15) is 21.9 Å².